The van der Waals surface area contributed by atoms with Crippen LogP contribution in [0.1, 0.15) is 11.6 Å². The summed E-state index contributed by atoms with van der Waals surface area (Å²) >= 11 is 0. The van der Waals surface area contributed by atoms with Gasteiger partial charge in [-0.25, -0.2) is 4.79 Å². The van der Waals surface area contributed by atoms with E-state index >= 15 is 0 Å². The van der Waals surface area contributed by atoms with Gasteiger partial charge in [-0.1, -0.05) is 36.4 Å². The molecule has 5 heteroatoms. The van der Waals surface area contributed by atoms with Gasteiger partial charge in [-0.3, -0.25) is 4.90 Å². The Balaban J connectivity index is 1.56. The molecule has 0 saturated carbocycles. The van der Waals surface area contributed by atoms with Crippen LogP contribution in [0.4, 0.5) is 10.5 Å². The van der Waals surface area contributed by atoms with Gasteiger partial charge in [0.1, 0.15) is 0 Å². The van der Waals surface area contributed by atoms with Crippen molar-refractivity contribution in [3.8, 4) is 0 Å². The largest absolute Gasteiger partial charge is 0.369 e. The Kier molecular flexibility index (Phi) is 4.15. The smallest absolute Gasteiger partial charge is 0.368 e. The lowest BCUT2D eigenvalue weighted by molar-refractivity contribution is 0.217. The second-order valence-corrected chi connectivity index (χ2v) is 6.26. The van der Waals surface area contributed by atoms with Gasteiger partial charge < -0.3 is 4.90 Å². The van der Waals surface area contributed by atoms with Gasteiger partial charge >= 0.3 is 6.03 Å². The average molecular weight is 332 g/mol. The van der Waals surface area contributed by atoms with E-state index in [0.29, 0.717) is 10.7 Å². The standard InChI is InChI=1S/C20H20N4O/c1-2-18(16-9-6-10-17-19(16)22-20(25)21-17)24-13-11-23(12-14-24)15-7-4-3-5-8-15/h2-10,18H,1,11-14H2. The molecule has 126 valence electrons. The van der Waals surface area contributed by atoms with E-state index in [9.17, 15) is 4.79 Å². The fraction of sp³-hybridized carbons (Fsp3) is 0.250. The fourth-order valence-corrected chi connectivity index (χ4v) is 3.59. The highest BCUT2D eigenvalue weighted by Crippen LogP contribution is 2.23. The number of benzene rings is 2. The molecule has 0 aliphatic carbocycles. The van der Waals surface area contributed by atoms with Crippen molar-refractivity contribution in [2.24, 2.45) is 9.98 Å². The van der Waals surface area contributed by atoms with Crippen molar-refractivity contribution >= 4 is 11.7 Å². The molecule has 2 aromatic rings. The predicted molar refractivity (Wildman–Crippen MR) is 97.3 cm³/mol. The number of piperazine rings is 1. The van der Waals surface area contributed by atoms with E-state index in [-0.39, 0.29) is 6.04 Å². The topological polar surface area (TPSA) is 48.3 Å². The zero-order valence-corrected chi connectivity index (χ0v) is 14.0. The van der Waals surface area contributed by atoms with Crippen LogP contribution in [0, 0.1) is 0 Å². The van der Waals surface area contributed by atoms with Gasteiger partial charge in [-0.15, -0.1) is 6.58 Å². The minimum atomic E-state index is -0.417. The van der Waals surface area contributed by atoms with Gasteiger partial charge in [0.2, 0.25) is 0 Å². The summed E-state index contributed by atoms with van der Waals surface area (Å²) in [6.07, 6.45) is 1.94. The lowest BCUT2D eigenvalue weighted by Crippen LogP contribution is -2.48. The molecule has 0 aromatic heterocycles. The van der Waals surface area contributed by atoms with Crippen LogP contribution in [0.2, 0.25) is 0 Å². The zero-order valence-electron chi connectivity index (χ0n) is 14.0. The maximum atomic E-state index is 11.6. The van der Waals surface area contributed by atoms with Crippen LogP contribution in [-0.4, -0.2) is 37.1 Å². The van der Waals surface area contributed by atoms with Crippen LogP contribution in [0.15, 0.2) is 71.2 Å². The summed E-state index contributed by atoms with van der Waals surface area (Å²) in [5, 5.41) is 1.36. The van der Waals surface area contributed by atoms with Crippen molar-refractivity contribution in [1.82, 2.24) is 4.90 Å². The van der Waals surface area contributed by atoms with Crippen molar-refractivity contribution < 1.29 is 4.79 Å². The Labute approximate surface area is 146 Å². The number of carbonyl (C=O) groups is 1. The monoisotopic (exact) mass is 332 g/mol. The highest BCUT2D eigenvalue weighted by Gasteiger charge is 2.25. The average Bonchev–Trinajstić information content (AvgIpc) is 3.05. The number of rotatable bonds is 4. The van der Waals surface area contributed by atoms with Crippen molar-refractivity contribution in [3.63, 3.8) is 0 Å². The summed E-state index contributed by atoms with van der Waals surface area (Å²) in [4.78, 5) is 24.4. The first-order valence-corrected chi connectivity index (χ1v) is 8.53. The summed E-state index contributed by atoms with van der Waals surface area (Å²) in [6, 6.07) is 15.9. The number of hydrogen-bond donors (Lipinski definition) is 0. The lowest BCUT2D eigenvalue weighted by atomic mass is 10.0. The number of fused-ring (bicyclic) bond motifs is 1. The van der Waals surface area contributed by atoms with E-state index < -0.39 is 6.03 Å². The molecule has 1 saturated heterocycles. The van der Waals surface area contributed by atoms with Gasteiger partial charge in [-0.2, -0.15) is 9.98 Å². The Bertz CT molecular complexity index is 914. The van der Waals surface area contributed by atoms with Crippen LogP contribution < -0.4 is 15.6 Å². The lowest BCUT2D eigenvalue weighted by Gasteiger charge is -2.39. The van der Waals surface area contributed by atoms with Gasteiger partial charge in [0, 0.05) is 37.4 Å². The molecule has 2 aliphatic heterocycles. The molecule has 0 N–H and O–H groups in total. The number of carbonyl (C=O) groups excluding carboxylic acids is 1. The van der Waals surface area contributed by atoms with Crippen LogP contribution in [-0.2, 0) is 0 Å². The van der Waals surface area contributed by atoms with Gasteiger partial charge in [0.05, 0.1) is 16.8 Å². The van der Waals surface area contributed by atoms with Crippen LogP contribution >= 0.6 is 0 Å². The van der Waals surface area contributed by atoms with Crippen molar-refractivity contribution in [2.75, 3.05) is 31.1 Å². The molecule has 1 fully saturated rings. The summed E-state index contributed by atoms with van der Waals surface area (Å²) in [5.41, 5.74) is 2.27. The third-order valence-electron chi connectivity index (χ3n) is 4.84. The van der Waals surface area contributed by atoms with E-state index in [0.717, 1.165) is 31.7 Å². The van der Waals surface area contributed by atoms with E-state index in [1.165, 1.54) is 5.69 Å². The molecule has 1 unspecified atom stereocenters. The van der Waals surface area contributed by atoms with E-state index in [1.807, 2.05) is 30.3 Å². The molecule has 5 nitrogen and oxygen atoms in total. The maximum Gasteiger partial charge on any atom is 0.368 e. The van der Waals surface area contributed by atoms with Crippen LogP contribution in [0.5, 0.6) is 0 Å². The Morgan fingerprint density at radius 1 is 0.960 bits per heavy atom. The maximum absolute atomic E-state index is 11.6. The van der Waals surface area contributed by atoms with Gasteiger partial charge in [0.25, 0.3) is 0 Å². The first kappa shape index (κ1) is 15.7. The second-order valence-electron chi connectivity index (χ2n) is 6.26. The molecular weight excluding hydrogens is 312 g/mol. The Morgan fingerprint density at radius 2 is 1.72 bits per heavy atom. The normalized spacial score (nSPS) is 18.2. The van der Waals surface area contributed by atoms with Crippen LogP contribution in [0.25, 0.3) is 0 Å². The molecule has 0 radical (unpaired) electrons. The number of hydrogen-bond acceptors (Lipinski definition) is 3. The minimum absolute atomic E-state index is 0.0396. The predicted octanol–water partition coefficient (Wildman–Crippen LogP) is 2.11. The number of anilines is 1. The molecule has 2 aromatic carbocycles. The summed E-state index contributed by atoms with van der Waals surface area (Å²) in [5.74, 6) is 0. The molecule has 25 heavy (non-hydrogen) atoms. The van der Waals surface area contributed by atoms with Crippen LogP contribution in [0.3, 0.4) is 0 Å². The molecule has 0 spiro atoms. The van der Waals surface area contributed by atoms with Gasteiger partial charge in [-0.05, 0) is 18.2 Å². The van der Waals surface area contributed by atoms with E-state index in [4.69, 9.17) is 0 Å². The first-order valence-electron chi connectivity index (χ1n) is 8.53. The molecule has 0 bridgehead atoms. The first-order chi connectivity index (χ1) is 12.3. The number of urea groups is 1. The third kappa shape index (κ3) is 2.98. The third-order valence-corrected chi connectivity index (χ3v) is 4.84. The number of nitrogens with zero attached hydrogens (tertiary/aromatic N) is 4. The molecule has 1 atom stereocenters. The van der Waals surface area contributed by atoms with Gasteiger partial charge in [0.15, 0.2) is 0 Å². The van der Waals surface area contributed by atoms with E-state index in [2.05, 4.69) is 50.6 Å². The Morgan fingerprint density at radius 3 is 2.44 bits per heavy atom. The summed E-state index contributed by atoms with van der Waals surface area (Å²) in [7, 11) is 0. The molecule has 2 aliphatic rings. The molecule has 2 amide bonds. The summed E-state index contributed by atoms with van der Waals surface area (Å²) in [6.45, 7) is 7.81. The highest BCUT2D eigenvalue weighted by atomic mass is 16.2. The van der Waals surface area contributed by atoms with Crippen molar-refractivity contribution in [1.29, 1.82) is 0 Å². The Hall–Kier alpha value is -2.79. The van der Waals surface area contributed by atoms with E-state index in [1.54, 1.807) is 0 Å². The number of para-hydroxylation sites is 2. The SMILES string of the molecule is C=CC(c1cccc2c1=NC(=O)N=2)N1CCN(c2ccccc2)CC1. The quantitative estimate of drug-likeness (QED) is 0.806. The van der Waals surface area contributed by atoms with Crippen molar-refractivity contribution in [3.05, 3.63) is 77.5 Å². The minimum Gasteiger partial charge on any atom is -0.369 e. The second kappa shape index (κ2) is 6.61. The molecular formula is C20H20N4O. The molecule has 4 rings (SSSR count). The highest BCUT2D eigenvalue weighted by molar-refractivity contribution is 5.77. The summed E-state index contributed by atoms with van der Waals surface area (Å²) < 4.78 is 0. The zero-order chi connectivity index (χ0) is 17.2. The fourth-order valence-electron chi connectivity index (χ4n) is 3.59. The van der Waals surface area contributed by atoms with Crippen molar-refractivity contribution in [2.45, 2.75) is 6.04 Å². The number of amides is 2. The molecule has 2 heterocycles.